The van der Waals surface area contributed by atoms with Crippen LogP contribution in [0.1, 0.15) is 57.4 Å². The first-order valence-electron chi connectivity index (χ1n) is 11.2. The average molecular weight is 491 g/mol. The lowest BCUT2D eigenvalue weighted by Crippen LogP contribution is -2.38. The highest BCUT2D eigenvalue weighted by Gasteiger charge is 2.45. The Morgan fingerprint density at radius 1 is 1.06 bits per heavy atom. The molecule has 2 aromatic rings. The van der Waals surface area contributed by atoms with Crippen molar-refractivity contribution in [2.45, 2.75) is 75.0 Å². The number of rotatable bonds is 8. The van der Waals surface area contributed by atoms with Crippen LogP contribution in [0.4, 0.5) is 24.9 Å². The van der Waals surface area contributed by atoms with Gasteiger partial charge in [0.15, 0.2) is 17.0 Å². The van der Waals surface area contributed by atoms with E-state index in [2.05, 4.69) is 20.6 Å². The molecule has 0 amide bonds. The summed E-state index contributed by atoms with van der Waals surface area (Å²) in [7, 11) is -5.40. The molecule has 5 N–H and O–H groups in total. The first kappa shape index (κ1) is 24.0. The Balaban J connectivity index is 1.53. The third-order valence-corrected chi connectivity index (χ3v) is 7.45. The average Bonchev–Trinajstić information content (AvgIpc) is 3.41. The lowest BCUT2D eigenvalue weighted by molar-refractivity contribution is -0.0447. The summed E-state index contributed by atoms with van der Waals surface area (Å²) in [4.78, 5) is 13.6. The van der Waals surface area contributed by atoms with Crippen molar-refractivity contribution in [2.24, 2.45) is 5.73 Å². The summed E-state index contributed by atoms with van der Waals surface area (Å²) in [5.74, 6) is 0.749. The molecule has 184 valence electrons. The summed E-state index contributed by atoms with van der Waals surface area (Å²) in [5, 5.41) is 6.28. The first-order valence-corrected chi connectivity index (χ1v) is 12.7. The van der Waals surface area contributed by atoms with Gasteiger partial charge in [-0.25, -0.2) is 18.1 Å². The summed E-state index contributed by atoms with van der Waals surface area (Å²) < 4.78 is 63.5. The highest BCUT2D eigenvalue weighted by molar-refractivity contribution is 7.90. The number of sulfonamides is 1. The van der Waals surface area contributed by atoms with E-state index in [4.69, 9.17) is 10.7 Å². The first-order chi connectivity index (χ1) is 15.6. The van der Waals surface area contributed by atoms with Crippen molar-refractivity contribution in [1.29, 1.82) is 0 Å². The van der Waals surface area contributed by atoms with Gasteiger partial charge in [0, 0.05) is 31.2 Å². The van der Waals surface area contributed by atoms with Crippen molar-refractivity contribution in [2.75, 3.05) is 23.7 Å². The topological polar surface area (TPSA) is 140 Å². The quantitative estimate of drug-likeness (QED) is 0.414. The van der Waals surface area contributed by atoms with Crippen molar-refractivity contribution in [3.05, 3.63) is 6.33 Å². The van der Waals surface area contributed by atoms with Crippen LogP contribution in [0.2, 0.25) is 0 Å². The maximum absolute atomic E-state index is 12.5. The van der Waals surface area contributed by atoms with Crippen molar-refractivity contribution in [1.82, 2.24) is 24.2 Å². The van der Waals surface area contributed by atoms with E-state index in [1.165, 1.54) is 4.72 Å². The van der Waals surface area contributed by atoms with E-state index in [0.717, 1.165) is 51.4 Å². The number of imidazole rings is 1. The molecule has 0 aromatic carbocycles. The Kier molecular flexibility index (Phi) is 6.96. The Bertz CT molecular complexity index is 1060. The van der Waals surface area contributed by atoms with Crippen molar-refractivity contribution >= 4 is 33.0 Å². The summed E-state index contributed by atoms with van der Waals surface area (Å²) in [6.07, 6.45) is 9.64. The molecule has 0 radical (unpaired) electrons. The van der Waals surface area contributed by atoms with Crippen LogP contribution in [0.5, 0.6) is 0 Å². The molecule has 0 bridgehead atoms. The number of nitrogens with one attached hydrogen (secondary N) is 3. The number of nitrogens with zero attached hydrogens (tertiary/aromatic N) is 4. The van der Waals surface area contributed by atoms with Crippen LogP contribution < -0.4 is 21.1 Å². The number of alkyl halides is 3. The second kappa shape index (κ2) is 9.58. The van der Waals surface area contributed by atoms with Gasteiger partial charge in [-0.05, 0) is 38.5 Å². The van der Waals surface area contributed by atoms with Crippen molar-refractivity contribution in [3.63, 3.8) is 0 Å². The van der Waals surface area contributed by atoms with Crippen LogP contribution in [0.3, 0.4) is 0 Å². The SMILES string of the molecule is NC1CCC(Nc2nc(NCCNS(=O)(=O)C(F)(F)F)c3ncn(C4CCCC4)c3n2)CC1. The molecular weight excluding hydrogens is 461 g/mol. The second-order valence-corrected chi connectivity index (χ2v) is 10.4. The second-order valence-electron chi connectivity index (χ2n) is 8.68. The van der Waals surface area contributed by atoms with Crippen LogP contribution in [0.15, 0.2) is 6.33 Å². The minimum atomic E-state index is -5.40. The molecule has 0 spiro atoms. The van der Waals surface area contributed by atoms with Gasteiger partial charge in [-0.15, -0.1) is 0 Å². The summed E-state index contributed by atoms with van der Waals surface area (Å²) in [5.41, 5.74) is 1.78. The van der Waals surface area contributed by atoms with Gasteiger partial charge in [-0.1, -0.05) is 12.8 Å². The van der Waals surface area contributed by atoms with Gasteiger partial charge in [0.25, 0.3) is 0 Å². The smallest absolute Gasteiger partial charge is 0.367 e. The summed E-state index contributed by atoms with van der Waals surface area (Å²) in [6, 6.07) is 0.668. The normalized spacial score (nSPS) is 22.7. The molecule has 4 rings (SSSR count). The number of nitrogens with two attached hydrogens (primary N) is 1. The minimum Gasteiger partial charge on any atom is -0.367 e. The van der Waals surface area contributed by atoms with Crippen LogP contribution in [0.25, 0.3) is 11.2 Å². The zero-order valence-electron chi connectivity index (χ0n) is 18.1. The molecule has 14 heteroatoms. The number of hydrogen-bond donors (Lipinski definition) is 4. The van der Waals surface area contributed by atoms with Crippen LogP contribution in [-0.2, 0) is 10.0 Å². The summed E-state index contributed by atoms with van der Waals surface area (Å²) in [6.45, 7) is -0.560. The van der Waals surface area contributed by atoms with Gasteiger partial charge >= 0.3 is 15.5 Å². The fourth-order valence-electron chi connectivity index (χ4n) is 4.45. The molecule has 0 aliphatic heterocycles. The van der Waals surface area contributed by atoms with E-state index < -0.39 is 22.1 Å². The molecule has 0 atom stereocenters. The third kappa shape index (κ3) is 5.49. The predicted molar refractivity (Wildman–Crippen MR) is 118 cm³/mol. The predicted octanol–water partition coefficient (Wildman–Crippen LogP) is 2.47. The van der Waals surface area contributed by atoms with Gasteiger partial charge < -0.3 is 20.9 Å². The largest absolute Gasteiger partial charge is 0.511 e. The van der Waals surface area contributed by atoms with Crippen LogP contribution in [-0.4, -0.2) is 58.6 Å². The van der Waals surface area contributed by atoms with E-state index in [-0.39, 0.29) is 24.7 Å². The van der Waals surface area contributed by atoms with Crippen molar-refractivity contribution < 1.29 is 21.6 Å². The van der Waals surface area contributed by atoms with E-state index in [0.29, 0.717) is 22.9 Å². The number of hydrogen-bond acceptors (Lipinski definition) is 8. The number of halogens is 3. The molecule has 2 aliphatic carbocycles. The maximum atomic E-state index is 12.5. The molecule has 2 aromatic heterocycles. The lowest BCUT2D eigenvalue weighted by Gasteiger charge is -2.27. The number of anilines is 2. The zero-order chi connectivity index (χ0) is 23.6. The molecule has 33 heavy (non-hydrogen) atoms. The fourth-order valence-corrected chi connectivity index (χ4v) is 4.98. The molecular formula is C19H29F3N8O2S. The Morgan fingerprint density at radius 2 is 1.76 bits per heavy atom. The highest BCUT2D eigenvalue weighted by Crippen LogP contribution is 2.33. The zero-order valence-corrected chi connectivity index (χ0v) is 18.9. The Labute approximate surface area is 190 Å². The van der Waals surface area contributed by atoms with E-state index in [1.807, 2.05) is 4.57 Å². The third-order valence-electron chi connectivity index (χ3n) is 6.26. The summed E-state index contributed by atoms with van der Waals surface area (Å²) >= 11 is 0. The van der Waals surface area contributed by atoms with Crippen molar-refractivity contribution in [3.8, 4) is 0 Å². The molecule has 2 saturated carbocycles. The fraction of sp³-hybridized carbons (Fsp3) is 0.737. The Morgan fingerprint density at radius 3 is 2.42 bits per heavy atom. The lowest BCUT2D eigenvalue weighted by atomic mass is 9.92. The van der Waals surface area contributed by atoms with Gasteiger partial charge in [0.1, 0.15) is 0 Å². The van der Waals surface area contributed by atoms with Gasteiger partial charge in [0.2, 0.25) is 5.95 Å². The standard InChI is InChI=1S/C19H29F3N8O2S/c20-19(21,22)33(31,32)26-10-9-24-16-15-17(30(11-25-15)14-3-1-2-4-14)29-18(28-16)27-13-7-5-12(23)6-8-13/h11-14,26H,1-10,23H2,(H2,24,27,28,29). The number of fused-ring (bicyclic) bond motifs is 1. The number of aromatic nitrogens is 4. The Hall–Kier alpha value is -2.19. The van der Waals surface area contributed by atoms with E-state index in [9.17, 15) is 21.6 Å². The van der Waals surface area contributed by atoms with E-state index >= 15 is 0 Å². The molecule has 2 fully saturated rings. The van der Waals surface area contributed by atoms with E-state index in [1.54, 1.807) is 6.33 Å². The molecule has 0 unspecified atom stereocenters. The molecule has 2 heterocycles. The van der Waals surface area contributed by atoms with Gasteiger partial charge in [0.05, 0.1) is 6.33 Å². The monoisotopic (exact) mass is 490 g/mol. The maximum Gasteiger partial charge on any atom is 0.511 e. The van der Waals surface area contributed by atoms with Crippen LogP contribution in [0, 0.1) is 0 Å². The van der Waals surface area contributed by atoms with Crippen LogP contribution >= 0.6 is 0 Å². The molecule has 0 saturated heterocycles. The highest BCUT2D eigenvalue weighted by atomic mass is 32.2. The molecule has 2 aliphatic rings. The molecule has 10 nitrogen and oxygen atoms in total. The van der Waals surface area contributed by atoms with Gasteiger partial charge in [-0.2, -0.15) is 23.1 Å². The van der Waals surface area contributed by atoms with Gasteiger partial charge in [-0.3, -0.25) is 0 Å². The minimum absolute atomic E-state index is 0.102.